The average Bonchev–Trinajstić information content (AvgIpc) is 2.36. The summed E-state index contributed by atoms with van der Waals surface area (Å²) in [4.78, 5) is 0.00365. The number of thiocarbonyl (C=S) groups is 1. The van der Waals surface area contributed by atoms with Gasteiger partial charge in [0.25, 0.3) is 0 Å². The SMILES string of the molecule is CCN(CC(N)=S)S(=O)(=O)Cc1ccc(C(F)(F)F)cc1Cl. The van der Waals surface area contributed by atoms with Gasteiger partial charge in [-0.25, -0.2) is 8.42 Å². The van der Waals surface area contributed by atoms with Crippen LogP contribution in [0.5, 0.6) is 0 Å². The minimum atomic E-state index is -4.54. The topological polar surface area (TPSA) is 63.4 Å². The molecule has 1 aromatic carbocycles. The molecule has 0 spiro atoms. The fraction of sp³-hybridized carbons (Fsp3) is 0.417. The molecule has 0 aliphatic carbocycles. The molecular weight excluding hydrogens is 361 g/mol. The highest BCUT2D eigenvalue weighted by Gasteiger charge is 2.31. The van der Waals surface area contributed by atoms with Crippen molar-refractivity contribution in [1.29, 1.82) is 0 Å². The number of hydrogen-bond donors (Lipinski definition) is 1. The average molecular weight is 375 g/mol. The molecule has 0 bridgehead atoms. The van der Waals surface area contributed by atoms with E-state index in [2.05, 4.69) is 12.2 Å². The van der Waals surface area contributed by atoms with Crippen molar-refractivity contribution < 1.29 is 21.6 Å². The molecule has 0 saturated heterocycles. The van der Waals surface area contributed by atoms with Crippen LogP contribution < -0.4 is 5.73 Å². The molecule has 0 aromatic heterocycles. The summed E-state index contributed by atoms with van der Waals surface area (Å²) in [6.45, 7) is 1.61. The molecule has 0 atom stereocenters. The third-order valence-corrected chi connectivity index (χ3v) is 5.13. The number of alkyl halides is 3. The highest BCUT2D eigenvalue weighted by Crippen LogP contribution is 2.32. The van der Waals surface area contributed by atoms with Crippen LogP contribution in [0.3, 0.4) is 0 Å². The zero-order valence-electron chi connectivity index (χ0n) is 11.5. The smallest absolute Gasteiger partial charge is 0.392 e. The van der Waals surface area contributed by atoms with E-state index in [0.717, 1.165) is 16.4 Å². The van der Waals surface area contributed by atoms with Crippen molar-refractivity contribution >= 4 is 38.8 Å². The summed E-state index contributed by atoms with van der Waals surface area (Å²) < 4.78 is 63.2. The summed E-state index contributed by atoms with van der Waals surface area (Å²) in [5.74, 6) is -0.527. The molecule has 0 unspecified atom stereocenters. The van der Waals surface area contributed by atoms with Crippen molar-refractivity contribution in [2.75, 3.05) is 13.1 Å². The zero-order valence-corrected chi connectivity index (χ0v) is 13.9. The first-order chi connectivity index (χ1) is 9.97. The van der Waals surface area contributed by atoms with E-state index in [9.17, 15) is 21.6 Å². The predicted octanol–water partition coefficient (Wildman–Crippen LogP) is 2.80. The van der Waals surface area contributed by atoms with Crippen molar-refractivity contribution in [1.82, 2.24) is 4.31 Å². The quantitative estimate of drug-likeness (QED) is 0.778. The van der Waals surface area contributed by atoms with Gasteiger partial charge in [-0.1, -0.05) is 36.8 Å². The Bertz CT molecular complexity index is 663. The summed E-state index contributed by atoms with van der Waals surface area (Å²) >= 11 is 10.4. The van der Waals surface area contributed by atoms with Gasteiger partial charge >= 0.3 is 6.18 Å². The molecule has 1 aromatic rings. The Morgan fingerprint density at radius 2 is 2.00 bits per heavy atom. The van der Waals surface area contributed by atoms with E-state index >= 15 is 0 Å². The van der Waals surface area contributed by atoms with Gasteiger partial charge in [-0.3, -0.25) is 0 Å². The van der Waals surface area contributed by atoms with Gasteiger partial charge in [0, 0.05) is 11.6 Å². The van der Waals surface area contributed by atoms with Gasteiger partial charge in [0.15, 0.2) is 0 Å². The molecular formula is C12H14ClF3N2O2S2. The minimum absolute atomic E-state index is 0.00365. The fourth-order valence-electron chi connectivity index (χ4n) is 1.71. The van der Waals surface area contributed by atoms with E-state index in [1.165, 1.54) is 0 Å². The molecule has 0 saturated carbocycles. The van der Waals surface area contributed by atoms with Gasteiger partial charge in [0.1, 0.15) is 0 Å². The number of rotatable bonds is 6. The Balaban J connectivity index is 3.06. The summed E-state index contributed by atoms with van der Waals surface area (Å²) in [6.07, 6.45) is -4.54. The standard InChI is InChI=1S/C12H14ClF3N2O2S2/c1-2-18(6-11(17)21)22(19,20)7-8-3-4-9(5-10(8)13)12(14,15)16/h3-5H,2,6-7H2,1H3,(H2,17,21). The molecule has 0 amide bonds. The maximum Gasteiger partial charge on any atom is 0.416 e. The summed E-state index contributed by atoms with van der Waals surface area (Å²) in [5.41, 5.74) is 4.47. The number of hydrogen-bond acceptors (Lipinski definition) is 3. The second-order valence-corrected chi connectivity index (χ2v) is 7.35. The van der Waals surface area contributed by atoms with Crippen LogP contribution in [0.25, 0.3) is 0 Å². The first kappa shape index (κ1) is 19.1. The van der Waals surface area contributed by atoms with Gasteiger partial charge in [-0.15, -0.1) is 0 Å². The van der Waals surface area contributed by atoms with Gasteiger partial charge in [0.2, 0.25) is 10.0 Å². The Morgan fingerprint density at radius 3 is 2.41 bits per heavy atom. The largest absolute Gasteiger partial charge is 0.416 e. The molecule has 0 fully saturated rings. The molecule has 0 aliphatic heterocycles. The van der Waals surface area contributed by atoms with E-state index in [0.29, 0.717) is 6.07 Å². The van der Waals surface area contributed by atoms with Crippen molar-refractivity contribution in [3.05, 3.63) is 34.3 Å². The summed E-state index contributed by atoms with van der Waals surface area (Å²) in [5, 5.41) is -0.259. The number of benzene rings is 1. The zero-order chi connectivity index (χ0) is 17.1. The van der Waals surface area contributed by atoms with Gasteiger partial charge in [-0.2, -0.15) is 17.5 Å². The second-order valence-electron chi connectivity index (χ2n) is 4.45. The van der Waals surface area contributed by atoms with Crippen molar-refractivity contribution in [3.8, 4) is 0 Å². The van der Waals surface area contributed by atoms with Gasteiger partial charge < -0.3 is 5.73 Å². The first-order valence-electron chi connectivity index (χ1n) is 6.09. The third-order valence-electron chi connectivity index (χ3n) is 2.80. The third kappa shape index (κ3) is 5.08. The van der Waals surface area contributed by atoms with Crippen LogP contribution in [0, 0.1) is 0 Å². The minimum Gasteiger partial charge on any atom is -0.392 e. The number of nitrogens with two attached hydrogens (primary N) is 1. The van der Waals surface area contributed by atoms with Crippen molar-refractivity contribution in [2.45, 2.75) is 18.9 Å². The van der Waals surface area contributed by atoms with E-state index < -0.39 is 27.5 Å². The van der Waals surface area contributed by atoms with Crippen LogP contribution in [-0.4, -0.2) is 30.8 Å². The molecule has 124 valence electrons. The first-order valence-corrected chi connectivity index (χ1v) is 8.48. The Labute approximate surface area is 137 Å². The molecule has 4 nitrogen and oxygen atoms in total. The van der Waals surface area contributed by atoms with Crippen LogP contribution in [0.1, 0.15) is 18.1 Å². The molecule has 0 aliphatic rings. The number of halogens is 4. The van der Waals surface area contributed by atoms with Gasteiger partial charge in [0.05, 0.1) is 22.8 Å². The normalized spacial score (nSPS) is 12.6. The summed E-state index contributed by atoms with van der Waals surface area (Å²) in [7, 11) is -3.79. The van der Waals surface area contributed by atoms with E-state index in [1.807, 2.05) is 0 Å². The van der Waals surface area contributed by atoms with E-state index in [1.54, 1.807) is 6.92 Å². The maximum atomic E-state index is 12.6. The lowest BCUT2D eigenvalue weighted by Gasteiger charge is -2.20. The van der Waals surface area contributed by atoms with Crippen LogP contribution in [0.4, 0.5) is 13.2 Å². The highest BCUT2D eigenvalue weighted by atomic mass is 35.5. The lowest BCUT2D eigenvalue weighted by molar-refractivity contribution is -0.137. The van der Waals surface area contributed by atoms with E-state index in [-0.39, 0.29) is 28.7 Å². The molecule has 0 heterocycles. The van der Waals surface area contributed by atoms with Crippen LogP contribution >= 0.6 is 23.8 Å². The van der Waals surface area contributed by atoms with Crippen LogP contribution in [0.2, 0.25) is 5.02 Å². The highest BCUT2D eigenvalue weighted by molar-refractivity contribution is 7.88. The van der Waals surface area contributed by atoms with Crippen molar-refractivity contribution in [3.63, 3.8) is 0 Å². The fourth-order valence-corrected chi connectivity index (χ4v) is 3.83. The lowest BCUT2D eigenvalue weighted by Crippen LogP contribution is -2.38. The Morgan fingerprint density at radius 1 is 1.41 bits per heavy atom. The van der Waals surface area contributed by atoms with Crippen LogP contribution in [0.15, 0.2) is 18.2 Å². The summed E-state index contributed by atoms with van der Waals surface area (Å²) in [6, 6.07) is 2.55. The monoisotopic (exact) mass is 374 g/mol. The second kappa shape index (κ2) is 7.12. The number of sulfonamides is 1. The maximum absolute atomic E-state index is 12.6. The lowest BCUT2D eigenvalue weighted by atomic mass is 10.1. The van der Waals surface area contributed by atoms with E-state index in [4.69, 9.17) is 17.3 Å². The molecule has 22 heavy (non-hydrogen) atoms. The Hall–Kier alpha value is -0.900. The van der Waals surface area contributed by atoms with Crippen molar-refractivity contribution in [2.24, 2.45) is 5.73 Å². The number of nitrogens with zero attached hydrogens (tertiary/aromatic N) is 1. The molecule has 0 radical (unpaired) electrons. The Kier molecular flexibility index (Phi) is 6.19. The predicted molar refractivity (Wildman–Crippen MR) is 83.1 cm³/mol. The molecule has 10 heteroatoms. The molecule has 1 rings (SSSR count). The van der Waals surface area contributed by atoms with Gasteiger partial charge in [-0.05, 0) is 17.7 Å². The number of likely N-dealkylation sites (N-methyl/N-ethyl adjacent to an activating group) is 1. The van der Waals surface area contributed by atoms with Crippen LogP contribution in [-0.2, 0) is 22.0 Å². The molecule has 2 N–H and O–H groups in total.